The lowest BCUT2D eigenvalue weighted by Gasteiger charge is -2.17. The minimum atomic E-state index is -4.93. The number of amides is 1. The Hall–Kier alpha value is -2.20. The summed E-state index contributed by atoms with van der Waals surface area (Å²) in [5.74, 6) is -1.74. The third kappa shape index (κ3) is 3.65. The maximum Gasteiger partial charge on any atom is 0.435 e. The van der Waals surface area contributed by atoms with E-state index in [9.17, 15) is 22.4 Å². The third-order valence-corrected chi connectivity index (χ3v) is 4.13. The molecular formula is C15H16ClF4N5O. The molecule has 2 aromatic rings. The third-order valence-electron chi connectivity index (χ3n) is 4.13. The van der Waals surface area contributed by atoms with E-state index in [0.717, 1.165) is 12.1 Å². The Morgan fingerprint density at radius 1 is 1.31 bits per heavy atom. The fourth-order valence-electron chi connectivity index (χ4n) is 2.83. The lowest BCUT2D eigenvalue weighted by molar-refractivity contribution is -0.143. The van der Waals surface area contributed by atoms with Crippen LogP contribution in [0.2, 0.25) is 0 Å². The van der Waals surface area contributed by atoms with Crippen molar-refractivity contribution in [2.75, 3.05) is 19.6 Å². The monoisotopic (exact) mass is 393 g/mol. The first kappa shape index (κ1) is 20.1. The molecule has 0 saturated carbocycles. The van der Waals surface area contributed by atoms with E-state index in [0.29, 0.717) is 24.2 Å². The number of benzene rings is 1. The van der Waals surface area contributed by atoms with E-state index in [4.69, 9.17) is 5.73 Å². The van der Waals surface area contributed by atoms with Gasteiger partial charge >= 0.3 is 6.18 Å². The highest BCUT2D eigenvalue weighted by molar-refractivity contribution is 5.93. The van der Waals surface area contributed by atoms with Crippen molar-refractivity contribution < 1.29 is 22.4 Å². The maximum absolute atomic E-state index is 13.9. The van der Waals surface area contributed by atoms with Crippen LogP contribution in [0.15, 0.2) is 24.3 Å². The van der Waals surface area contributed by atoms with Crippen molar-refractivity contribution in [1.29, 1.82) is 0 Å². The van der Waals surface area contributed by atoms with E-state index < -0.39 is 35.0 Å². The molecule has 1 aromatic heterocycles. The molecule has 3 rings (SSSR count). The van der Waals surface area contributed by atoms with Gasteiger partial charge in [-0.15, -0.1) is 17.5 Å². The van der Waals surface area contributed by atoms with Crippen molar-refractivity contribution >= 4 is 18.3 Å². The van der Waals surface area contributed by atoms with Crippen LogP contribution in [0, 0.1) is 11.7 Å². The summed E-state index contributed by atoms with van der Waals surface area (Å²) in [7, 11) is 0. The number of carbonyl (C=O) groups is 1. The first-order chi connectivity index (χ1) is 11.8. The van der Waals surface area contributed by atoms with Gasteiger partial charge in [-0.05, 0) is 31.0 Å². The molecule has 2 N–H and O–H groups in total. The number of hydrogen-bond acceptors (Lipinski definition) is 4. The van der Waals surface area contributed by atoms with Crippen LogP contribution in [0.1, 0.15) is 22.6 Å². The fraction of sp³-hybridized carbons (Fsp3) is 0.400. The van der Waals surface area contributed by atoms with Gasteiger partial charge in [-0.2, -0.15) is 13.2 Å². The van der Waals surface area contributed by atoms with Crippen molar-refractivity contribution in [1.82, 2.24) is 19.9 Å². The first-order valence-electron chi connectivity index (χ1n) is 7.60. The summed E-state index contributed by atoms with van der Waals surface area (Å²) in [5.41, 5.74) is 2.88. The largest absolute Gasteiger partial charge is 0.435 e. The van der Waals surface area contributed by atoms with Crippen molar-refractivity contribution in [2.45, 2.75) is 12.6 Å². The fourth-order valence-corrected chi connectivity index (χ4v) is 2.83. The molecule has 11 heteroatoms. The van der Waals surface area contributed by atoms with E-state index in [1.165, 1.54) is 17.0 Å². The van der Waals surface area contributed by atoms with Gasteiger partial charge in [0.1, 0.15) is 11.5 Å². The topological polar surface area (TPSA) is 77.0 Å². The zero-order chi connectivity index (χ0) is 18.2. The van der Waals surface area contributed by atoms with E-state index >= 15 is 0 Å². The Bertz CT molecular complexity index is 795. The second-order valence-electron chi connectivity index (χ2n) is 5.79. The Balaban J connectivity index is 0.00000243. The molecule has 1 aromatic carbocycles. The number of carbonyl (C=O) groups excluding carboxylic acids is 1. The quantitative estimate of drug-likeness (QED) is 0.811. The van der Waals surface area contributed by atoms with Crippen LogP contribution in [0.5, 0.6) is 0 Å². The Morgan fingerprint density at radius 2 is 2.00 bits per heavy atom. The van der Waals surface area contributed by atoms with Gasteiger partial charge in [0.2, 0.25) is 0 Å². The molecule has 1 atom stereocenters. The molecule has 1 aliphatic rings. The van der Waals surface area contributed by atoms with Gasteiger partial charge in [-0.1, -0.05) is 17.3 Å². The number of nitrogens with two attached hydrogens (primary N) is 1. The van der Waals surface area contributed by atoms with E-state index in [-0.39, 0.29) is 24.9 Å². The summed E-state index contributed by atoms with van der Waals surface area (Å²) in [6, 6.07) is 4.85. The number of alkyl halides is 3. The van der Waals surface area contributed by atoms with E-state index in [1.54, 1.807) is 0 Å². The Morgan fingerprint density at radius 3 is 2.58 bits per heavy atom. The molecule has 1 aliphatic heterocycles. The zero-order valence-electron chi connectivity index (χ0n) is 13.4. The van der Waals surface area contributed by atoms with E-state index in [2.05, 4.69) is 10.3 Å². The Labute approximate surface area is 152 Å². The lowest BCUT2D eigenvalue weighted by atomic mass is 10.1. The number of rotatable bonds is 3. The second-order valence-corrected chi connectivity index (χ2v) is 5.79. The van der Waals surface area contributed by atoms with Crippen LogP contribution in [0.25, 0.3) is 5.69 Å². The van der Waals surface area contributed by atoms with E-state index in [1.807, 2.05) is 0 Å². The molecular weight excluding hydrogens is 378 g/mol. The molecule has 1 fully saturated rings. The van der Waals surface area contributed by atoms with Gasteiger partial charge in [0, 0.05) is 13.1 Å². The molecule has 26 heavy (non-hydrogen) atoms. The van der Waals surface area contributed by atoms with Crippen molar-refractivity contribution in [3.05, 3.63) is 41.5 Å². The molecule has 1 unspecified atom stereocenters. The van der Waals surface area contributed by atoms with Crippen LogP contribution in [-0.4, -0.2) is 45.4 Å². The van der Waals surface area contributed by atoms with Gasteiger partial charge in [0.25, 0.3) is 5.91 Å². The van der Waals surface area contributed by atoms with Crippen molar-refractivity contribution in [2.24, 2.45) is 11.7 Å². The average Bonchev–Trinajstić information content (AvgIpc) is 3.21. The van der Waals surface area contributed by atoms with Crippen LogP contribution < -0.4 is 5.73 Å². The van der Waals surface area contributed by atoms with Gasteiger partial charge in [0.05, 0.1) is 0 Å². The van der Waals surface area contributed by atoms with Gasteiger partial charge < -0.3 is 10.6 Å². The standard InChI is InChI=1S/C15H15F4N5O.ClH/c16-10-3-1-2-4-11(10)24-13(15(17,18)19)12(21-22-24)14(25)23-6-5-9(7-20)8-23;/h1-4,9H,5-8,20H2;1H. The predicted molar refractivity (Wildman–Crippen MR) is 86.6 cm³/mol. The highest BCUT2D eigenvalue weighted by Crippen LogP contribution is 2.34. The van der Waals surface area contributed by atoms with Crippen LogP contribution in [0.4, 0.5) is 17.6 Å². The summed E-state index contributed by atoms with van der Waals surface area (Å²) in [5, 5.41) is 6.78. The molecule has 0 radical (unpaired) electrons. The molecule has 1 saturated heterocycles. The number of likely N-dealkylation sites (tertiary alicyclic amines) is 1. The molecule has 2 heterocycles. The Kier molecular flexibility index (Phi) is 5.87. The molecule has 0 bridgehead atoms. The molecule has 0 aliphatic carbocycles. The number of halogens is 5. The van der Waals surface area contributed by atoms with Gasteiger partial charge in [-0.25, -0.2) is 9.07 Å². The number of nitrogens with zero attached hydrogens (tertiary/aromatic N) is 4. The van der Waals surface area contributed by atoms with Crippen molar-refractivity contribution in [3.63, 3.8) is 0 Å². The smallest absolute Gasteiger partial charge is 0.337 e. The van der Waals surface area contributed by atoms with Crippen LogP contribution in [-0.2, 0) is 6.18 Å². The highest BCUT2D eigenvalue weighted by atomic mass is 35.5. The molecule has 1 amide bonds. The summed E-state index contributed by atoms with van der Waals surface area (Å²) in [4.78, 5) is 13.7. The predicted octanol–water partition coefficient (Wildman–Crippen LogP) is 2.27. The summed E-state index contributed by atoms with van der Waals surface area (Å²) in [6.07, 6.45) is -4.31. The zero-order valence-corrected chi connectivity index (χ0v) is 14.2. The molecule has 6 nitrogen and oxygen atoms in total. The maximum atomic E-state index is 13.9. The number of aromatic nitrogens is 3. The normalized spacial score (nSPS) is 17.3. The highest BCUT2D eigenvalue weighted by Gasteiger charge is 2.43. The lowest BCUT2D eigenvalue weighted by Crippen LogP contribution is -2.32. The van der Waals surface area contributed by atoms with Crippen LogP contribution in [0.3, 0.4) is 0 Å². The minimum absolute atomic E-state index is 0. The van der Waals surface area contributed by atoms with Gasteiger partial charge in [0.15, 0.2) is 11.4 Å². The minimum Gasteiger partial charge on any atom is -0.337 e. The molecule has 142 valence electrons. The van der Waals surface area contributed by atoms with Crippen molar-refractivity contribution in [3.8, 4) is 5.69 Å². The number of para-hydroxylation sites is 1. The van der Waals surface area contributed by atoms with Gasteiger partial charge in [-0.3, -0.25) is 4.79 Å². The average molecular weight is 394 g/mol. The number of hydrogen-bond donors (Lipinski definition) is 1. The summed E-state index contributed by atoms with van der Waals surface area (Å²) in [6.45, 7) is 0.904. The first-order valence-corrected chi connectivity index (χ1v) is 7.60. The second kappa shape index (κ2) is 7.58. The SMILES string of the molecule is Cl.NCC1CCN(C(=O)c2nnn(-c3ccccc3F)c2C(F)(F)F)C1. The summed E-state index contributed by atoms with van der Waals surface area (Å²) < 4.78 is 54.8. The summed E-state index contributed by atoms with van der Waals surface area (Å²) >= 11 is 0. The van der Waals surface area contributed by atoms with Crippen LogP contribution >= 0.6 is 12.4 Å². The molecule has 0 spiro atoms.